The van der Waals surface area contributed by atoms with E-state index in [-0.39, 0.29) is 23.1 Å². The number of rotatable bonds is 5. The predicted molar refractivity (Wildman–Crippen MR) is 114 cm³/mol. The molecule has 0 aliphatic carbocycles. The Morgan fingerprint density at radius 1 is 1.14 bits per heavy atom. The van der Waals surface area contributed by atoms with Gasteiger partial charge in [0.05, 0.1) is 10.1 Å². The molecular formula is C22H26N2O4S. The Labute approximate surface area is 171 Å². The first-order valence-electron chi connectivity index (χ1n) is 9.61. The van der Waals surface area contributed by atoms with Gasteiger partial charge in [0.25, 0.3) is 0 Å². The molecular weight excluding hydrogens is 388 g/mol. The van der Waals surface area contributed by atoms with E-state index in [1.807, 2.05) is 32.0 Å². The number of anilines is 2. The molecule has 1 heterocycles. The summed E-state index contributed by atoms with van der Waals surface area (Å²) in [5.74, 6) is -0.396. The van der Waals surface area contributed by atoms with Crippen molar-refractivity contribution in [2.24, 2.45) is 0 Å². The van der Waals surface area contributed by atoms with Crippen LogP contribution in [0.15, 0.2) is 41.3 Å². The molecule has 29 heavy (non-hydrogen) atoms. The second kappa shape index (κ2) is 7.99. The Bertz CT molecular complexity index is 1080. The first-order chi connectivity index (χ1) is 13.6. The lowest BCUT2D eigenvalue weighted by Gasteiger charge is -2.17. The van der Waals surface area contributed by atoms with Gasteiger partial charge in [0, 0.05) is 31.3 Å². The lowest BCUT2D eigenvalue weighted by atomic mass is 10.1. The van der Waals surface area contributed by atoms with Gasteiger partial charge < -0.3 is 10.2 Å². The summed E-state index contributed by atoms with van der Waals surface area (Å²) in [7, 11) is -3.67. The number of hydrogen-bond donors (Lipinski definition) is 1. The normalized spacial score (nSPS) is 14.4. The lowest BCUT2D eigenvalue weighted by molar-refractivity contribution is -0.117. The summed E-state index contributed by atoms with van der Waals surface area (Å²) < 4.78 is 26.0. The highest BCUT2D eigenvalue weighted by Crippen LogP contribution is 2.31. The van der Waals surface area contributed by atoms with Crippen LogP contribution in [0.3, 0.4) is 0 Å². The Kier molecular flexibility index (Phi) is 5.80. The zero-order valence-corrected chi connectivity index (χ0v) is 18.0. The average Bonchev–Trinajstić information content (AvgIpc) is 3.07. The second-order valence-corrected chi connectivity index (χ2v) is 10.0. The van der Waals surface area contributed by atoms with Crippen LogP contribution in [0.1, 0.15) is 37.0 Å². The maximum atomic E-state index is 13.0. The van der Waals surface area contributed by atoms with E-state index in [0.29, 0.717) is 18.7 Å². The summed E-state index contributed by atoms with van der Waals surface area (Å²) in [6.45, 7) is 7.47. The monoisotopic (exact) mass is 414 g/mol. The fraction of sp³-hybridized carbons (Fsp3) is 0.364. The van der Waals surface area contributed by atoms with Gasteiger partial charge in [-0.05, 0) is 62.6 Å². The van der Waals surface area contributed by atoms with Gasteiger partial charge in [-0.2, -0.15) is 0 Å². The minimum atomic E-state index is -3.67. The molecule has 1 N–H and O–H groups in total. The molecule has 0 aromatic heterocycles. The molecule has 0 unspecified atom stereocenters. The summed E-state index contributed by atoms with van der Waals surface area (Å²) in [4.78, 5) is 25.9. The number of carbonyl (C=O) groups excluding carboxylic acids is 2. The second-order valence-electron chi connectivity index (χ2n) is 7.64. The molecule has 0 spiro atoms. The van der Waals surface area contributed by atoms with Crippen molar-refractivity contribution in [3.05, 3.63) is 53.1 Å². The predicted octanol–water partition coefficient (Wildman–Crippen LogP) is 3.40. The molecule has 0 saturated carbocycles. The number of aryl methyl sites for hydroxylation is 2. The zero-order chi connectivity index (χ0) is 21.3. The number of sulfone groups is 1. The highest BCUT2D eigenvalue weighted by Gasteiger charge is 2.29. The van der Waals surface area contributed by atoms with Crippen LogP contribution in [-0.4, -0.2) is 32.0 Å². The van der Waals surface area contributed by atoms with Crippen molar-refractivity contribution >= 4 is 33.0 Å². The third kappa shape index (κ3) is 4.34. The van der Waals surface area contributed by atoms with Crippen LogP contribution in [0.5, 0.6) is 0 Å². The molecule has 0 fully saturated rings. The molecule has 1 aliphatic rings. The molecule has 2 amide bonds. The lowest BCUT2D eigenvalue weighted by Crippen LogP contribution is -2.26. The highest BCUT2D eigenvalue weighted by molar-refractivity contribution is 7.92. The number of nitrogens with zero attached hydrogens (tertiary/aromatic N) is 1. The van der Waals surface area contributed by atoms with Crippen LogP contribution in [0, 0.1) is 13.8 Å². The van der Waals surface area contributed by atoms with Crippen LogP contribution < -0.4 is 10.2 Å². The SMILES string of the molecule is CC(=O)N1CCc2cc(S(=O)(=O)[C@H](C)CC(=O)Nc3ccc(C)cc3C)ccc21. The van der Waals surface area contributed by atoms with Gasteiger partial charge in [-0.15, -0.1) is 0 Å². The average molecular weight is 415 g/mol. The van der Waals surface area contributed by atoms with Gasteiger partial charge in [-0.25, -0.2) is 8.42 Å². The topological polar surface area (TPSA) is 83.6 Å². The van der Waals surface area contributed by atoms with E-state index in [1.54, 1.807) is 24.0 Å². The van der Waals surface area contributed by atoms with Crippen LogP contribution in [-0.2, 0) is 25.8 Å². The van der Waals surface area contributed by atoms with Crippen molar-refractivity contribution in [1.82, 2.24) is 0 Å². The number of nitrogens with one attached hydrogen (secondary N) is 1. The van der Waals surface area contributed by atoms with E-state index in [0.717, 1.165) is 22.4 Å². The molecule has 0 bridgehead atoms. The number of fused-ring (bicyclic) bond motifs is 1. The van der Waals surface area contributed by atoms with Crippen LogP contribution in [0.25, 0.3) is 0 Å². The van der Waals surface area contributed by atoms with Gasteiger partial charge in [-0.3, -0.25) is 9.59 Å². The van der Waals surface area contributed by atoms with Gasteiger partial charge in [0.15, 0.2) is 9.84 Å². The van der Waals surface area contributed by atoms with Gasteiger partial charge in [0.2, 0.25) is 11.8 Å². The van der Waals surface area contributed by atoms with Crippen molar-refractivity contribution in [3.8, 4) is 0 Å². The first-order valence-corrected chi connectivity index (χ1v) is 11.2. The van der Waals surface area contributed by atoms with E-state index in [9.17, 15) is 18.0 Å². The minimum absolute atomic E-state index is 0.0594. The fourth-order valence-electron chi connectivity index (χ4n) is 3.64. The van der Waals surface area contributed by atoms with Gasteiger partial charge in [-0.1, -0.05) is 17.7 Å². The van der Waals surface area contributed by atoms with Crippen molar-refractivity contribution in [3.63, 3.8) is 0 Å². The number of amides is 2. The van der Waals surface area contributed by atoms with E-state index in [1.165, 1.54) is 13.0 Å². The molecule has 2 aromatic rings. The summed E-state index contributed by atoms with van der Waals surface area (Å²) in [5, 5.41) is 1.94. The summed E-state index contributed by atoms with van der Waals surface area (Å²) >= 11 is 0. The summed E-state index contributed by atoms with van der Waals surface area (Å²) in [6.07, 6.45) is 0.492. The Morgan fingerprint density at radius 2 is 1.86 bits per heavy atom. The number of benzene rings is 2. The van der Waals surface area contributed by atoms with Gasteiger partial charge >= 0.3 is 0 Å². The Balaban J connectivity index is 1.74. The first kappa shape index (κ1) is 21.0. The molecule has 2 aromatic carbocycles. The minimum Gasteiger partial charge on any atom is -0.326 e. The molecule has 1 aliphatic heterocycles. The van der Waals surface area contributed by atoms with E-state index in [2.05, 4.69) is 5.32 Å². The van der Waals surface area contributed by atoms with E-state index in [4.69, 9.17) is 0 Å². The fourth-order valence-corrected chi connectivity index (χ4v) is 5.04. The quantitative estimate of drug-likeness (QED) is 0.813. The molecule has 3 rings (SSSR count). The molecule has 0 saturated heterocycles. The number of hydrogen-bond acceptors (Lipinski definition) is 4. The van der Waals surface area contributed by atoms with Crippen LogP contribution in [0.4, 0.5) is 11.4 Å². The number of carbonyl (C=O) groups is 2. The standard InChI is InChI=1S/C22H26N2O4S/c1-14-5-7-20(15(2)11-14)23-22(26)12-16(3)29(27,28)19-6-8-21-18(13-19)9-10-24(21)17(4)25/h5-8,11,13,16H,9-10,12H2,1-4H3,(H,23,26)/t16-/m1/s1. The molecule has 6 nitrogen and oxygen atoms in total. The van der Waals surface area contributed by atoms with E-state index < -0.39 is 15.1 Å². The van der Waals surface area contributed by atoms with Crippen molar-refractivity contribution in [1.29, 1.82) is 0 Å². The van der Waals surface area contributed by atoms with Crippen LogP contribution >= 0.6 is 0 Å². The van der Waals surface area contributed by atoms with E-state index >= 15 is 0 Å². The summed E-state index contributed by atoms with van der Waals surface area (Å²) in [6, 6.07) is 10.5. The third-order valence-electron chi connectivity index (χ3n) is 5.31. The molecule has 154 valence electrons. The van der Waals surface area contributed by atoms with Gasteiger partial charge in [0.1, 0.15) is 0 Å². The van der Waals surface area contributed by atoms with Crippen molar-refractivity contribution < 1.29 is 18.0 Å². The third-order valence-corrected chi connectivity index (χ3v) is 7.45. The maximum absolute atomic E-state index is 13.0. The Morgan fingerprint density at radius 3 is 2.52 bits per heavy atom. The van der Waals surface area contributed by atoms with Crippen LogP contribution in [0.2, 0.25) is 0 Å². The summed E-state index contributed by atoms with van der Waals surface area (Å²) in [5.41, 5.74) is 4.32. The molecule has 7 heteroatoms. The molecule has 1 atom stereocenters. The van der Waals surface area contributed by atoms with Crippen molar-refractivity contribution in [2.45, 2.75) is 50.7 Å². The van der Waals surface area contributed by atoms with Crippen molar-refractivity contribution in [2.75, 3.05) is 16.8 Å². The molecule has 0 radical (unpaired) electrons. The Hall–Kier alpha value is -2.67. The largest absolute Gasteiger partial charge is 0.326 e. The highest BCUT2D eigenvalue weighted by atomic mass is 32.2. The smallest absolute Gasteiger partial charge is 0.225 e. The maximum Gasteiger partial charge on any atom is 0.225 e. The zero-order valence-electron chi connectivity index (χ0n) is 17.2.